The van der Waals surface area contributed by atoms with Crippen LogP contribution in [0.25, 0.3) is 0 Å². The van der Waals surface area contributed by atoms with E-state index in [0.717, 1.165) is 25.7 Å². The average molecular weight is 256 g/mol. The fourth-order valence-electron chi connectivity index (χ4n) is 2.38. The van der Waals surface area contributed by atoms with Crippen LogP contribution in [0.2, 0.25) is 0 Å². The Kier molecular flexibility index (Phi) is 4.37. The molecule has 0 heterocycles. The Balaban J connectivity index is 2.64. The van der Waals surface area contributed by atoms with Crippen LogP contribution in [0.15, 0.2) is 0 Å². The molecule has 1 aliphatic carbocycles. The average Bonchev–Trinajstić information content (AvgIpc) is 2.75. The van der Waals surface area contributed by atoms with Crippen LogP contribution in [0.3, 0.4) is 0 Å². The first-order valence-electron chi connectivity index (χ1n) is 6.41. The Morgan fingerprint density at radius 3 is 2.17 bits per heavy atom. The van der Waals surface area contributed by atoms with E-state index in [4.69, 9.17) is 5.11 Å². The third-order valence-corrected chi connectivity index (χ3v) is 4.16. The molecule has 0 atom stereocenters. The Bertz CT molecular complexity index is 331. The first-order chi connectivity index (χ1) is 8.22. The quantitative estimate of drug-likeness (QED) is 0.722. The van der Waals surface area contributed by atoms with E-state index in [2.05, 4.69) is 10.2 Å². The van der Waals surface area contributed by atoms with Gasteiger partial charge in [-0.15, -0.1) is 0 Å². The van der Waals surface area contributed by atoms with Crippen LogP contribution >= 0.6 is 0 Å². The minimum Gasteiger partial charge on any atom is -0.480 e. The van der Waals surface area contributed by atoms with Crippen molar-refractivity contribution in [2.45, 2.75) is 45.1 Å². The first kappa shape index (κ1) is 15.0. The minimum atomic E-state index is -1.37. The molecular weight excluding hydrogens is 232 g/mol. The van der Waals surface area contributed by atoms with Crippen LogP contribution in [0.1, 0.15) is 39.5 Å². The lowest BCUT2D eigenvalue weighted by Gasteiger charge is -2.37. The van der Waals surface area contributed by atoms with Crippen molar-refractivity contribution in [2.24, 2.45) is 5.41 Å². The Morgan fingerprint density at radius 2 is 1.78 bits per heavy atom. The van der Waals surface area contributed by atoms with Crippen LogP contribution < -0.4 is 5.32 Å². The van der Waals surface area contributed by atoms with Gasteiger partial charge in [0, 0.05) is 12.1 Å². The van der Waals surface area contributed by atoms with Gasteiger partial charge in [0.1, 0.15) is 5.41 Å². The van der Waals surface area contributed by atoms with Crippen molar-refractivity contribution >= 4 is 11.9 Å². The highest BCUT2D eigenvalue weighted by molar-refractivity contribution is 6.00. The molecule has 1 aliphatic rings. The maximum absolute atomic E-state index is 11.9. The van der Waals surface area contributed by atoms with Gasteiger partial charge in [-0.2, -0.15) is 0 Å². The van der Waals surface area contributed by atoms with E-state index in [1.165, 1.54) is 13.8 Å². The summed E-state index contributed by atoms with van der Waals surface area (Å²) in [5.41, 5.74) is -1.38. The third-order valence-electron chi connectivity index (χ3n) is 4.16. The molecule has 0 aliphatic heterocycles. The molecule has 0 radical (unpaired) electrons. The monoisotopic (exact) mass is 256 g/mol. The number of rotatable bonds is 5. The normalized spacial score (nSPS) is 18.9. The third kappa shape index (κ3) is 2.83. The number of likely N-dealkylation sites (N-methyl/N-ethyl adjacent to an activating group) is 1. The Morgan fingerprint density at radius 1 is 1.28 bits per heavy atom. The highest BCUT2D eigenvalue weighted by Crippen LogP contribution is 2.33. The lowest BCUT2D eigenvalue weighted by Crippen LogP contribution is -2.53. The number of aliphatic carboxylic acids is 1. The largest absolute Gasteiger partial charge is 0.480 e. The van der Waals surface area contributed by atoms with Gasteiger partial charge >= 0.3 is 5.97 Å². The Hall–Kier alpha value is -1.10. The summed E-state index contributed by atoms with van der Waals surface area (Å²) >= 11 is 0. The number of nitrogens with zero attached hydrogens (tertiary/aromatic N) is 1. The van der Waals surface area contributed by atoms with E-state index in [1.54, 1.807) is 0 Å². The zero-order valence-corrected chi connectivity index (χ0v) is 11.7. The van der Waals surface area contributed by atoms with E-state index in [9.17, 15) is 9.59 Å². The number of hydrogen-bond acceptors (Lipinski definition) is 3. The molecule has 0 unspecified atom stereocenters. The molecule has 1 rings (SSSR count). The van der Waals surface area contributed by atoms with Gasteiger partial charge in [0.25, 0.3) is 0 Å². The highest BCUT2D eigenvalue weighted by Gasteiger charge is 2.40. The summed E-state index contributed by atoms with van der Waals surface area (Å²) in [6.07, 6.45) is 4.42. The topological polar surface area (TPSA) is 69.6 Å². The zero-order chi connectivity index (χ0) is 14.0. The maximum Gasteiger partial charge on any atom is 0.318 e. The smallest absolute Gasteiger partial charge is 0.318 e. The summed E-state index contributed by atoms with van der Waals surface area (Å²) in [7, 11) is 4.03. The molecule has 1 saturated carbocycles. The van der Waals surface area contributed by atoms with E-state index < -0.39 is 17.3 Å². The van der Waals surface area contributed by atoms with Gasteiger partial charge in [-0.1, -0.05) is 12.8 Å². The second-order valence-corrected chi connectivity index (χ2v) is 5.94. The summed E-state index contributed by atoms with van der Waals surface area (Å²) in [6, 6.07) is 0. The molecule has 0 spiro atoms. The van der Waals surface area contributed by atoms with Gasteiger partial charge in [0.05, 0.1) is 0 Å². The van der Waals surface area contributed by atoms with Crippen molar-refractivity contribution in [1.29, 1.82) is 0 Å². The van der Waals surface area contributed by atoms with E-state index in [0.29, 0.717) is 6.54 Å². The predicted octanol–water partition coefficient (Wildman–Crippen LogP) is 1.09. The van der Waals surface area contributed by atoms with Gasteiger partial charge in [-0.25, -0.2) is 0 Å². The van der Waals surface area contributed by atoms with Crippen LogP contribution in [0.5, 0.6) is 0 Å². The minimum absolute atomic E-state index is 0.00968. The summed E-state index contributed by atoms with van der Waals surface area (Å²) in [5.74, 6) is -1.51. The number of hydrogen-bond donors (Lipinski definition) is 2. The molecule has 1 fully saturated rings. The molecule has 5 heteroatoms. The molecule has 0 bridgehead atoms. The van der Waals surface area contributed by atoms with Crippen molar-refractivity contribution in [1.82, 2.24) is 10.2 Å². The standard InChI is InChI=1S/C13H24N2O3/c1-12(2,11(17)18)10(16)14-9-13(15(3)4)7-5-6-8-13/h5-9H2,1-4H3,(H,14,16)(H,17,18). The fraction of sp³-hybridized carbons (Fsp3) is 0.846. The summed E-state index contributed by atoms with van der Waals surface area (Å²) in [4.78, 5) is 25.1. The molecule has 2 N–H and O–H groups in total. The summed E-state index contributed by atoms with van der Waals surface area (Å²) in [6.45, 7) is 3.39. The molecule has 18 heavy (non-hydrogen) atoms. The number of carbonyl (C=O) groups is 2. The molecule has 0 aromatic rings. The lowest BCUT2D eigenvalue weighted by atomic mass is 9.91. The molecule has 1 amide bonds. The van der Waals surface area contributed by atoms with E-state index in [-0.39, 0.29) is 5.54 Å². The van der Waals surface area contributed by atoms with Crippen LogP contribution in [0.4, 0.5) is 0 Å². The molecule has 104 valence electrons. The number of nitrogens with one attached hydrogen (secondary N) is 1. The van der Waals surface area contributed by atoms with Crippen molar-refractivity contribution in [3.05, 3.63) is 0 Å². The second-order valence-electron chi connectivity index (χ2n) is 5.94. The predicted molar refractivity (Wildman–Crippen MR) is 69.3 cm³/mol. The Labute approximate surface area is 109 Å². The SMILES string of the molecule is CN(C)C1(CNC(=O)C(C)(C)C(=O)O)CCCC1. The molecular formula is C13H24N2O3. The lowest BCUT2D eigenvalue weighted by molar-refractivity contribution is -0.153. The number of carbonyl (C=O) groups excluding carboxylic acids is 1. The van der Waals surface area contributed by atoms with Gasteiger partial charge in [0.15, 0.2) is 0 Å². The van der Waals surface area contributed by atoms with Crippen LogP contribution in [-0.4, -0.2) is 48.1 Å². The number of carboxylic acid groups (broad SMARTS) is 1. The number of carboxylic acids is 1. The van der Waals surface area contributed by atoms with Crippen molar-refractivity contribution in [2.75, 3.05) is 20.6 Å². The highest BCUT2D eigenvalue weighted by atomic mass is 16.4. The van der Waals surface area contributed by atoms with E-state index >= 15 is 0 Å². The van der Waals surface area contributed by atoms with Crippen molar-refractivity contribution in [3.8, 4) is 0 Å². The maximum atomic E-state index is 11.9. The second kappa shape index (κ2) is 5.26. The van der Waals surface area contributed by atoms with Gasteiger partial charge < -0.3 is 15.3 Å². The van der Waals surface area contributed by atoms with Gasteiger partial charge in [-0.05, 0) is 40.8 Å². The van der Waals surface area contributed by atoms with Gasteiger partial charge in [0.2, 0.25) is 5.91 Å². The first-order valence-corrected chi connectivity index (χ1v) is 6.41. The molecule has 0 saturated heterocycles. The summed E-state index contributed by atoms with van der Waals surface area (Å²) < 4.78 is 0. The molecule has 0 aromatic carbocycles. The number of amides is 1. The fourth-order valence-corrected chi connectivity index (χ4v) is 2.38. The molecule has 5 nitrogen and oxygen atoms in total. The molecule has 0 aromatic heterocycles. The van der Waals surface area contributed by atoms with Crippen LogP contribution in [0, 0.1) is 5.41 Å². The van der Waals surface area contributed by atoms with Crippen LogP contribution in [-0.2, 0) is 9.59 Å². The van der Waals surface area contributed by atoms with Gasteiger partial charge in [-0.3, -0.25) is 9.59 Å². The zero-order valence-electron chi connectivity index (χ0n) is 11.7. The summed E-state index contributed by atoms with van der Waals surface area (Å²) in [5, 5.41) is 11.8. The van der Waals surface area contributed by atoms with E-state index in [1.807, 2.05) is 14.1 Å². The van der Waals surface area contributed by atoms with Crippen molar-refractivity contribution in [3.63, 3.8) is 0 Å². The van der Waals surface area contributed by atoms with Crippen molar-refractivity contribution < 1.29 is 14.7 Å².